The molecule has 2 rings (SSSR count). The lowest BCUT2D eigenvalue weighted by atomic mass is 9.94. The maximum Gasteiger partial charge on any atom is 0.216 e. The third kappa shape index (κ3) is 4.87. The Morgan fingerprint density at radius 2 is 2.18 bits per heavy atom. The van der Waals surface area contributed by atoms with Gasteiger partial charge < -0.3 is 15.1 Å². The summed E-state index contributed by atoms with van der Waals surface area (Å²) in [6, 6.07) is 4.15. The molecule has 0 radical (unpaired) electrons. The highest BCUT2D eigenvalue weighted by atomic mass is 32.1. The van der Waals surface area contributed by atoms with Gasteiger partial charge in [0.1, 0.15) is 12.3 Å². The molecule has 2 aromatic rings. The molecule has 0 aromatic carbocycles. The Labute approximate surface area is 135 Å². The van der Waals surface area contributed by atoms with Gasteiger partial charge in [-0.05, 0) is 18.4 Å². The zero-order valence-corrected chi connectivity index (χ0v) is 14.5. The monoisotopic (exact) mass is 320 g/mol. The fraction of sp³-hybridized carbons (Fsp3) is 0.500. The number of oxazole rings is 1. The second-order valence-electron chi connectivity index (χ2n) is 6.00. The Balaban J connectivity index is 1.95. The van der Waals surface area contributed by atoms with Crippen LogP contribution in [0.15, 0.2) is 33.1 Å². The molecule has 0 unspecified atom stereocenters. The Morgan fingerprint density at radius 3 is 2.77 bits per heavy atom. The molecule has 0 aliphatic rings. The molecule has 120 valence electrons. The van der Waals surface area contributed by atoms with Crippen molar-refractivity contribution < 1.29 is 4.42 Å². The van der Waals surface area contributed by atoms with Gasteiger partial charge in [-0.3, -0.25) is 0 Å². The van der Waals surface area contributed by atoms with Gasteiger partial charge in [0.2, 0.25) is 5.89 Å². The number of aliphatic imine (C=N–C) groups is 1. The second-order valence-corrected chi connectivity index (χ2v) is 7.03. The zero-order valence-electron chi connectivity index (χ0n) is 13.6. The van der Waals surface area contributed by atoms with Crippen molar-refractivity contribution >= 4 is 17.3 Å². The summed E-state index contributed by atoms with van der Waals surface area (Å²) in [5.41, 5.74) is -0.0309. The van der Waals surface area contributed by atoms with Crippen molar-refractivity contribution in [1.29, 1.82) is 0 Å². The highest BCUT2D eigenvalue weighted by Gasteiger charge is 2.18. The van der Waals surface area contributed by atoms with Crippen LogP contribution in [0, 0.1) is 0 Å². The van der Waals surface area contributed by atoms with Crippen molar-refractivity contribution in [2.75, 3.05) is 6.54 Å². The Kier molecular flexibility index (Phi) is 5.60. The topological polar surface area (TPSA) is 62.5 Å². The number of aromatic nitrogens is 1. The molecule has 0 aliphatic heterocycles. The van der Waals surface area contributed by atoms with Crippen LogP contribution in [0.25, 0.3) is 0 Å². The molecule has 2 heterocycles. The Morgan fingerprint density at radius 1 is 1.36 bits per heavy atom. The van der Waals surface area contributed by atoms with Gasteiger partial charge in [0.25, 0.3) is 0 Å². The average Bonchev–Trinajstić information content (AvgIpc) is 3.12. The van der Waals surface area contributed by atoms with E-state index in [1.54, 1.807) is 17.5 Å². The van der Waals surface area contributed by atoms with Crippen molar-refractivity contribution in [3.05, 3.63) is 40.2 Å². The quantitative estimate of drug-likeness (QED) is 0.655. The summed E-state index contributed by atoms with van der Waals surface area (Å²) in [6.45, 7) is 10.4. The van der Waals surface area contributed by atoms with Gasteiger partial charge in [0.05, 0.1) is 12.7 Å². The van der Waals surface area contributed by atoms with E-state index < -0.39 is 0 Å². The number of rotatable bonds is 5. The maximum absolute atomic E-state index is 5.76. The highest BCUT2D eigenvalue weighted by molar-refractivity contribution is 7.09. The number of hydrogen-bond donors (Lipinski definition) is 2. The minimum absolute atomic E-state index is 0.0309. The smallest absolute Gasteiger partial charge is 0.216 e. The van der Waals surface area contributed by atoms with E-state index in [9.17, 15) is 0 Å². The van der Waals surface area contributed by atoms with Gasteiger partial charge >= 0.3 is 0 Å². The van der Waals surface area contributed by atoms with E-state index in [-0.39, 0.29) is 5.41 Å². The van der Waals surface area contributed by atoms with Crippen LogP contribution in [0.5, 0.6) is 0 Å². The highest BCUT2D eigenvalue weighted by Crippen LogP contribution is 2.22. The molecule has 0 fully saturated rings. The minimum atomic E-state index is -0.0309. The van der Waals surface area contributed by atoms with Crippen LogP contribution in [-0.2, 0) is 18.5 Å². The van der Waals surface area contributed by atoms with E-state index in [0.29, 0.717) is 12.4 Å². The minimum Gasteiger partial charge on any atom is -0.443 e. The van der Waals surface area contributed by atoms with Crippen LogP contribution in [0.2, 0.25) is 0 Å². The van der Waals surface area contributed by atoms with Gasteiger partial charge in [-0.15, -0.1) is 11.3 Å². The van der Waals surface area contributed by atoms with Gasteiger partial charge in [0.15, 0.2) is 5.96 Å². The molecule has 0 saturated heterocycles. The number of guanidine groups is 1. The predicted molar refractivity (Wildman–Crippen MR) is 91.2 cm³/mol. The molecule has 2 aromatic heterocycles. The van der Waals surface area contributed by atoms with E-state index >= 15 is 0 Å². The number of nitrogens with one attached hydrogen (secondary N) is 2. The molecule has 2 N–H and O–H groups in total. The lowest BCUT2D eigenvalue weighted by Crippen LogP contribution is -2.36. The summed E-state index contributed by atoms with van der Waals surface area (Å²) >= 11 is 1.73. The van der Waals surface area contributed by atoms with Crippen LogP contribution in [-0.4, -0.2) is 17.5 Å². The normalized spacial score (nSPS) is 12.5. The van der Waals surface area contributed by atoms with Crippen molar-refractivity contribution in [3.8, 4) is 0 Å². The first-order valence-corrected chi connectivity index (χ1v) is 8.36. The molecule has 0 aliphatic carbocycles. The molecule has 0 amide bonds. The number of thiophene rings is 1. The van der Waals surface area contributed by atoms with Crippen molar-refractivity contribution in [2.45, 2.75) is 46.2 Å². The second kappa shape index (κ2) is 7.45. The van der Waals surface area contributed by atoms with Crippen LogP contribution < -0.4 is 10.6 Å². The summed E-state index contributed by atoms with van der Waals surface area (Å²) in [7, 11) is 0. The van der Waals surface area contributed by atoms with Crippen LogP contribution in [0.4, 0.5) is 0 Å². The fourth-order valence-electron chi connectivity index (χ4n) is 1.80. The van der Waals surface area contributed by atoms with E-state index in [4.69, 9.17) is 4.42 Å². The van der Waals surface area contributed by atoms with E-state index in [1.807, 2.05) is 13.0 Å². The van der Waals surface area contributed by atoms with Crippen LogP contribution in [0.1, 0.15) is 44.2 Å². The molecule has 22 heavy (non-hydrogen) atoms. The van der Waals surface area contributed by atoms with Gasteiger partial charge in [-0.25, -0.2) is 9.98 Å². The standard InChI is InChI=1S/C16H24N4OS/c1-5-17-15(19-9-12-7-6-8-22-12)20-11-14-18-10-13(21-14)16(2,3)4/h6-8,10H,5,9,11H2,1-4H3,(H2,17,19,20). The van der Waals surface area contributed by atoms with Crippen molar-refractivity contribution in [1.82, 2.24) is 15.6 Å². The first kappa shape index (κ1) is 16.5. The van der Waals surface area contributed by atoms with E-state index in [0.717, 1.165) is 24.8 Å². The van der Waals surface area contributed by atoms with Gasteiger partial charge in [0, 0.05) is 16.8 Å². The fourth-order valence-corrected chi connectivity index (χ4v) is 2.45. The summed E-state index contributed by atoms with van der Waals surface area (Å²) in [6.07, 6.45) is 1.79. The lowest BCUT2D eigenvalue weighted by Gasteiger charge is -2.13. The Bertz CT molecular complexity index is 596. The van der Waals surface area contributed by atoms with Crippen LogP contribution in [0.3, 0.4) is 0 Å². The van der Waals surface area contributed by atoms with Crippen LogP contribution >= 0.6 is 11.3 Å². The SMILES string of the molecule is CCNC(=NCc1ncc(C(C)(C)C)o1)NCc1cccs1. The summed E-state index contributed by atoms with van der Waals surface area (Å²) in [4.78, 5) is 10.1. The largest absolute Gasteiger partial charge is 0.443 e. The molecule has 5 nitrogen and oxygen atoms in total. The van der Waals surface area contributed by atoms with Gasteiger partial charge in [-0.2, -0.15) is 0 Å². The van der Waals surface area contributed by atoms with Gasteiger partial charge in [-0.1, -0.05) is 26.8 Å². The Hall–Kier alpha value is -1.82. The van der Waals surface area contributed by atoms with E-state index in [2.05, 4.69) is 52.8 Å². The number of nitrogens with zero attached hydrogens (tertiary/aromatic N) is 2. The predicted octanol–water partition coefficient (Wildman–Crippen LogP) is 3.29. The molecule has 0 saturated carbocycles. The molecular weight excluding hydrogens is 296 g/mol. The van der Waals surface area contributed by atoms with E-state index in [1.165, 1.54) is 4.88 Å². The number of hydrogen-bond acceptors (Lipinski definition) is 4. The molecule has 0 atom stereocenters. The first-order valence-electron chi connectivity index (χ1n) is 7.49. The van der Waals surface area contributed by atoms with Crippen molar-refractivity contribution in [3.63, 3.8) is 0 Å². The maximum atomic E-state index is 5.76. The molecule has 0 spiro atoms. The summed E-state index contributed by atoms with van der Waals surface area (Å²) < 4.78 is 5.76. The molecule has 0 bridgehead atoms. The zero-order chi connectivity index (χ0) is 16.0. The third-order valence-electron chi connectivity index (χ3n) is 3.02. The molecular formula is C16H24N4OS. The van der Waals surface area contributed by atoms with Crippen molar-refractivity contribution in [2.24, 2.45) is 4.99 Å². The first-order chi connectivity index (χ1) is 10.5. The average molecular weight is 320 g/mol. The summed E-state index contributed by atoms with van der Waals surface area (Å²) in [5.74, 6) is 2.29. The third-order valence-corrected chi connectivity index (χ3v) is 3.90. The summed E-state index contributed by atoms with van der Waals surface area (Å²) in [5, 5.41) is 8.61. The lowest BCUT2D eigenvalue weighted by molar-refractivity contribution is 0.383. The molecule has 6 heteroatoms.